The molecule has 6 rings (SSSR count). The maximum atomic E-state index is 15.2. The van der Waals surface area contributed by atoms with Crippen LogP contribution >= 0.6 is 27.7 Å². The molecule has 6 heterocycles. The van der Waals surface area contributed by atoms with Crippen molar-refractivity contribution in [3.8, 4) is 0 Å². The first-order chi connectivity index (χ1) is 23.2. The van der Waals surface area contributed by atoms with Crippen LogP contribution in [0.1, 0.15) is 12.5 Å². The fourth-order valence-electron chi connectivity index (χ4n) is 5.40. The zero-order valence-electron chi connectivity index (χ0n) is 24.4. The van der Waals surface area contributed by atoms with Crippen molar-refractivity contribution in [2.75, 3.05) is 36.9 Å². The van der Waals surface area contributed by atoms with E-state index in [1.807, 2.05) is 0 Å². The molecular weight excluding hydrogens is 704 g/mol. The number of hydrogen-bond acceptors (Lipinski definition) is 16. The summed E-state index contributed by atoms with van der Waals surface area (Å²) in [6.45, 7) is -0.585. The topological polar surface area (TPSA) is 243 Å². The van der Waals surface area contributed by atoms with Gasteiger partial charge in [-0.25, -0.2) is 38.7 Å². The quantitative estimate of drug-likeness (QED) is 0.0611. The van der Waals surface area contributed by atoms with Gasteiger partial charge in [0.05, 0.1) is 25.9 Å². The number of ether oxygens (including phenoxy) is 2. The van der Waals surface area contributed by atoms with Gasteiger partial charge in [0, 0.05) is 17.7 Å². The van der Waals surface area contributed by atoms with Crippen molar-refractivity contribution in [3.05, 3.63) is 37.5 Å². The fraction of sp³-hybridized carbons (Fsp3) is 0.500. The SMILES string of the molecule is O=[P+](O)O[C@@H]1C(CO)O[C@@H](n2cnc3c(NC/C=C/CNc4ncnc5c4ncn5C4O[C@H](CO)[C@@H](O[P+](=O)S)[C@H]4F)ncnc32)[C@@H]1F. The van der Waals surface area contributed by atoms with Gasteiger partial charge in [-0.3, -0.25) is 9.13 Å². The minimum absolute atomic E-state index is 0.220. The van der Waals surface area contributed by atoms with E-state index in [9.17, 15) is 19.3 Å². The normalized spacial score (nSPS) is 28.1. The van der Waals surface area contributed by atoms with Gasteiger partial charge in [-0.1, -0.05) is 12.2 Å². The molecule has 48 heavy (non-hydrogen) atoms. The van der Waals surface area contributed by atoms with Crippen LogP contribution in [0.5, 0.6) is 0 Å². The van der Waals surface area contributed by atoms with Gasteiger partial charge >= 0.3 is 15.5 Å². The van der Waals surface area contributed by atoms with Crippen molar-refractivity contribution in [1.29, 1.82) is 0 Å². The second-order valence-corrected chi connectivity index (χ2v) is 12.7. The first-order valence-corrected chi connectivity index (χ1v) is 17.6. The molecule has 10 atom stereocenters. The summed E-state index contributed by atoms with van der Waals surface area (Å²) in [6, 6.07) is 0. The molecule has 4 aromatic rings. The Morgan fingerprint density at radius 2 is 1.27 bits per heavy atom. The van der Waals surface area contributed by atoms with E-state index in [4.69, 9.17) is 23.4 Å². The predicted octanol–water partition coefficient (Wildman–Crippen LogP) is 1.51. The van der Waals surface area contributed by atoms with Crippen molar-refractivity contribution in [3.63, 3.8) is 0 Å². The van der Waals surface area contributed by atoms with Crippen LogP contribution in [0.25, 0.3) is 22.3 Å². The van der Waals surface area contributed by atoms with Crippen LogP contribution in [0.15, 0.2) is 37.5 Å². The van der Waals surface area contributed by atoms with Gasteiger partial charge in [0.2, 0.25) is 0 Å². The molecule has 0 spiro atoms. The summed E-state index contributed by atoms with van der Waals surface area (Å²) in [5, 5.41) is 25.3. The molecule has 24 heteroatoms. The standard InChI is InChI=1S/C24H26F2N10O9P2S/c25-13-17(44-46(39)40)11(5-37)42-23(13)35-9-33-15-19(29-7-31-21(15)35)27-3-1-2-4-28-20-16-22(32-8-30-20)36(10-34-16)24-14(26)18(45-47(41)48)12(6-38)43-24/h1-2,7-14,17-18,23-24,37-38H,3-6H2,(H2-2,27,28,29,30,31,32,39,40,41,48)/p+2/b2-1+/t11?,12-,13-,14-,17-,18-,23-,24?/m1/s1. The highest BCUT2D eigenvalue weighted by atomic mass is 32.7. The molecule has 2 fully saturated rings. The second-order valence-electron chi connectivity index (χ2n) is 10.3. The zero-order chi connectivity index (χ0) is 33.9. The van der Waals surface area contributed by atoms with Crippen molar-refractivity contribution in [2.24, 2.45) is 0 Å². The number of imidazole rings is 2. The summed E-state index contributed by atoms with van der Waals surface area (Å²) in [4.78, 5) is 34.4. The average molecular weight is 733 g/mol. The summed E-state index contributed by atoms with van der Waals surface area (Å²) < 4.78 is 76.5. The number of aliphatic hydroxyl groups excluding tert-OH is 2. The molecule has 5 N–H and O–H groups in total. The fourth-order valence-corrected chi connectivity index (χ4v) is 6.65. The molecule has 2 saturated heterocycles. The number of alkyl halides is 2. The van der Waals surface area contributed by atoms with Crippen LogP contribution in [0, 0.1) is 0 Å². The Kier molecular flexibility index (Phi) is 10.8. The average Bonchev–Trinajstić information content (AvgIpc) is 3.83. The van der Waals surface area contributed by atoms with Gasteiger partial charge in [-0.15, -0.1) is 13.9 Å². The van der Waals surface area contributed by atoms with E-state index in [2.05, 4.69) is 52.8 Å². The number of nitrogens with zero attached hydrogens (tertiary/aromatic N) is 8. The largest absolute Gasteiger partial charge is 0.695 e. The highest BCUT2D eigenvalue weighted by Crippen LogP contribution is 2.42. The van der Waals surface area contributed by atoms with E-state index in [0.29, 0.717) is 35.8 Å². The van der Waals surface area contributed by atoms with Crippen molar-refractivity contribution in [2.45, 2.75) is 49.2 Å². The van der Waals surface area contributed by atoms with Gasteiger partial charge in [-0.05, 0) is 4.57 Å². The lowest BCUT2D eigenvalue weighted by atomic mass is 10.1. The highest BCUT2D eigenvalue weighted by Gasteiger charge is 2.52. The first-order valence-electron chi connectivity index (χ1n) is 14.2. The van der Waals surface area contributed by atoms with E-state index in [1.165, 1.54) is 34.4 Å². The van der Waals surface area contributed by atoms with Gasteiger partial charge in [0.15, 0.2) is 71.0 Å². The Morgan fingerprint density at radius 3 is 1.69 bits per heavy atom. The van der Waals surface area contributed by atoms with Gasteiger partial charge in [0.1, 0.15) is 37.1 Å². The third-order valence-electron chi connectivity index (χ3n) is 7.52. The Bertz CT molecular complexity index is 1700. The molecule has 4 aromatic heterocycles. The molecule has 2 aliphatic rings. The Labute approximate surface area is 275 Å². The van der Waals surface area contributed by atoms with E-state index in [-0.39, 0.29) is 11.3 Å². The minimum Gasteiger partial charge on any atom is -0.394 e. The number of aromatic nitrogens is 8. The number of rotatable bonds is 14. The summed E-state index contributed by atoms with van der Waals surface area (Å²) in [6.07, 6.45) is -2.57. The van der Waals surface area contributed by atoms with E-state index < -0.39 is 77.9 Å². The summed E-state index contributed by atoms with van der Waals surface area (Å²) in [5.74, 6) is 0.704. The van der Waals surface area contributed by atoms with Crippen LogP contribution in [0.3, 0.4) is 0 Å². The number of fused-ring (bicyclic) bond motifs is 2. The zero-order valence-corrected chi connectivity index (χ0v) is 27.1. The maximum absolute atomic E-state index is 15.2. The Balaban J connectivity index is 1.07. The van der Waals surface area contributed by atoms with Crippen molar-refractivity contribution >= 4 is 61.7 Å². The maximum Gasteiger partial charge on any atom is 0.695 e. The third kappa shape index (κ3) is 6.86. The van der Waals surface area contributed by atoms with Crippen LogP contribution in [0.4, 0.5) is 20.4 Å². The number of thiol groups is 1. The molecule has 0 amide bonds. The number of nitrogens with one attached hydrogen (secondary N) is 2. The lowest BCUT2D eigenvalue weighted by molar-refractivity contribution is -0.0436. The lowest BCUT2D eigenvalue weighted by Gasteiger charge is -2.15. The van der Waals surface area contributed by atoms with Gasteiger partial charge in [0.25, 0.3) is 0 Å². The first kappa shape index (κ1) is 34.4. The second kappa shape index (κ2) is 15.0. The van der Waals surface area contributed by atoms with Crippen molar-refractivity contribution in [1.82, 2.24) is 39.0 Å². The smallest absolute Gasteiger partial charge is 0.394 e. The van der Waals surface area contributed by atoms with Gasteiger partial charge in [-0.2, -0.15) is 0 Å². The number of anilines is 2. The minimum atomic E-state index is -3.13. The van der Waals surface area contributed by atoms with E-state index in [0.717, 1.165) is 0 Å². The van der Waals surface area contributed by atoms with Crippen molar-refractivity contribution < 1.29 is 51.5 Å². The third-order valence-corrected chi connectivity index (χ3v) is 8.66. The molecule has 19 nitrogen and oxygen atoms in total. The van der Waals surface area contributed by atoms with Crippen LogP contribution in [-0.2, 0) is 27.7 Å². The van der Waals surface area contributed by atoms with Crippen LogP contribution < -0.4 is 10.6 Å². The molecule has 4 unspecified atom stereocenters. The molecule has 2 aliphatic heterocycles. The molecule has 0 aromatic carbocycles. The highest BCUT2D eigenvalue weighted by molar-refractivity contribution is 8.39. The van der Waals surface area contributed by atoms with Crippen LogP contribution in [-0.4, -0.2) is 117 Å². The lowest BCUT2D eigenvalue weighted by Crippen LogP contribution is -2.32. The van der Waals surface area contributed by atoms with Crippen LogP contribution in [0.2, 0.25) is 0 Å². The summed E-state index contributed by atoms with van der Waals surface area (Å²) in [5.41, 5.74) is 1.12. The molecule has 0 aliphatic carbocycles. The van der Waals surface area contributed by atoms with Gasteiger partial charge < -0.3 is 30.3 Å². The summed E-state index contributed by atoms with van der Waals surface area (Å²) >= 11 is 3.67. The summed E-state index contributed by atoms with van der Waals surface area (Å²) in [7, 11) is -5.57. The molecule has 256 valence electrons. The molecular formula is C24H28F2N10O9P2S+2. The number of halogens is 2. The Hall–Kier alpha value is -3.43. The monoisotopic (exact) mass is 732 g/mol. The predicted molar refractivity (Wildman–Crippen MR) is 165 cm³/mol. The number of aliphatic hydroxyl groups is 2. The molecule has 0 saturated carbocycles. The Morgan fingerprint density at radius 1 is 0.812 bits per heavy atom. The molecule has 0 bridgehead atoms. The van der Waals surface area contributed by atoms with E-state index in [1.54, 1.807) is 12.2 Å². The number of hydrogen-bond donors (Lipinski definition) is 6. The van der Waals surface area contributed by atoms with E-state index >= 15 is 8.78 Å². The molecule has 0 radical (unpaired) electrons.